The van der Waals surface area contributed by atoms with Crippen molar-refractivity contribution in [1.82, 2.24) is 9.88 Å². The maximum Gasteiger partial charge on any atom is 0.231 e. The van der Waals surface area contributed by atoms with Crippen LogP contribution in [-0.4, -0.2) is 35.0 Å². The van der Waals surface area contributed by atoms with Gasteiger partial charge in [0.05, 0.1) is 11.6 Å². The molecule has 0 spiro atoms. The molecule has 8 heteroatoms. The lowest BCUT2D eigenvalue weighted by Crippen LogP contribution is -2.28. The number of carbonyl (C=O) groups is 2. The van der Waals surface area contributed by atoms with Gasteiger partial charge in [-0.1, -0.05) is 30.3 Å². The molecular formula is C22H19N3O4S. The van der Waals surface area contributed by atoms with Gasteiger partial charge in [-0.2, -0.15) is 0 Å². The van der Waals surface area contributed by atoms with E-state index < -0.39 is 0 Å². The summed E-state index contributed by atoms with van der Waals surface area (Å²) >= 11 is 1.36. The molecule has 3 aromatic rings. The molecule has 2 amide bonds. The number of thiazole rings is 1. The minimum Gasteiger partial charge on any atom is -0.454 e. The first-order valence-corrected chi connectivity index (χ1v) is 10.5. The molecule has 30 heavy (non-hydrogen) atoms. The highest BCUT2D eigenvalue weighted by Crippen LogP contribution is 2.36. The number of carbonyl (C=O) groups excluding carboxylic acids is 2. The van der Waals surface area contributed by atoms with Gasteiger partial charge in [0.1, 0.15) is 0 Å². The Bertz CT molecular complexity index is 1100. The molecule has 0 unspecified atom stereocenters. The maximum absolute atomic E-state index is 12.7. The summed E-state index contributed by atoms with van der Waals surface area (Å²) in [6.07, 6.45) is 0.221. The minimum absolute atomic E-state index is 0.000749. The van der Waals surface area contributed by atoms with Gasteiger partial charge in [0.15, 0.2) is 16.6 Å². The van der Waals surface area contributed by atoms with Crippen molar-refractivity contribution in [2.75, 3.05) is 18.7 Å². The standard InChI is InChI=1S/C22H19N3O4S/c26-20-9-16(11-25(20)10-14-4-2-1-3-5-14)21(27)24-22-23-17(12-30-22)15-6-7-18-19(8-15)29-13-28-18/h1-8,12,16H,9-11,13H2,(H,23,24,27)/t16-/m1/s1. The van der Waals surface area contributed by atoms with Gasteiger partial charge in [0.25, 0.3) is 0 Å². The van der Waals surface area contributed by atoms with E-state index in [2.05, 4.69) is 10.3 Å². The van der Waals surface area contributed by atoms with E-state index >= 15 is 0 Å². The van der Waals surface area contributed by atoms with Crippen LogP contribution in [0.5, 0.6) is 11.5 Å². The van der Waals surface area contributed by atoms with Gasteiger partial charge < -0.3 is 19.7 Å². The average molecular weight is 421 g/mol. The number of nitrogens with one attached hydrogen (secondary N) is 1. The van der Waals surface area contributed by atoms with Crippen molar-refractivity contribution < 1.29 is 19.1 Å². The highest BCUT2D eigenvalue weighted by atomic mass is 32.1. The Morgan fingerprint density at radius 3 is 2.87 bits per heavy atom. The Kier molecular flexibility index (Phi) is 4.84. The van der Waals surface area contributed by atoms with Crippen LogP contribution in [0.2, 0.25) is 0 Å². The first-order chi connectivity index (χ1) is 14.7. The predicted molar refractivity (Wildman–Crippen MR) is 112 cm³/mol. The van der Waals surface area contributed by atoms with Crippen LogP contribution in [0.3, 0.4) is 0 Å². The molecule has 1 saturated heterocycles. The quantitative estimate of drug-likeness (QED) is 0.682. The van der Waals surface area contributed by atoms with Crippen LogP contribution in [0.25, 0.3) is 11.3 Å². The van der Waals surface area contributed by atoms with E-state index in [0.29, 0.717) is 29.7 Å². The Hall–Kier alpha value is -3.39. The van der Waals surface area contributed by atoms with Gasteiger partial charge >= 0.3 is 0 Å². The van der Waals surface area contributed by atoms with E-state index in [1.165, 1.54) is 11.3 Å². The van der Waals surface area contributed by atoms with Gasteiger partial charge in [-0.3, -0.25) is 9.59 Å². The van der Waals surface area contributed by atoms with Gasteiger partial charge in [-0.05, 0) is 23.8 Å². The Morgan fingerprint density at radius 2 is 2.00 bits per heavy atom. The third-order valence-corrected chi connectivity index (χ3v) is 5.96. The first kappa shape index (κ1) is 18.6. The molecule has 5 rings (SSSR count). The number of hydrogen-bond donors (Lipinski definition) is 1. The minimum atomic E-state index is -0.376. The average Bonchev–Trinajstić information content (AvgIpc) is 3.49. The molecule has 1 atom stereocenters. The Balaban J connectivity index is 1.22. The second-order valence-corrected chi connectivity index (χ2v) is 8.11. The summed E-state index contributed by atoms with van der Waals surface area (Å²) in [5.41, 5.74) is 2.70. The number of nitrogens with zero attached hydrogens (tertiary/aromatic N) is 2. The van der Waals surface area contributed by atoms with E-state index in [1.807, 2.05) is 53.9 Å². The molecule has 0 aliphatic carbocycles. The molecule has 0 bridgehead atoms. The zero-order valence-electron chi connectivity index (χ0n) is 16.0. The number of ether oxygens (including phenoxy) is 2. The second-order valence-electron chi connectivity index (χ2n) is 7.26. The predicted octanol–water partition coefficient (Wildman–Crippen LogP) is 3.53. The van der Waals surface area contributed by atoms with E-state index in [9.17, 15) is 9.59 Å². The number of benzene rings is 2. The number of aromatic nitrogens is 1. The fourth-order valence-electron chi connectivity index (χ4n) is 3.63. The molecule has 7 nitrogen and oxygen atoms in total. The third-order valence-electron chi connectivity index (χ3n) is 5.20. The lowest BCUT2D eigenvalue weighted by molar-refractivity contribution is -0.128. The number of fused-ring (bicyclic) bond motifs is 1. The SMILES string of the molecule is O=C(Nc1nc(-c2ccc3c(c2)OCO3)cs1)[C@@H]1CC(=O)N(Cc2ccccc2)C1. The van der Waals surface area contributed by atoms with Crippen molar-refractivity contribution in [1.29, 1.82) is 0 Å². The molecule has 1 aromatic heterocycles. The van der Waals surface area contributed by atoms with Crippen LogP contribution in [0.4, 0.5) is 5.13 Å². The number of anilines is 1. The molecule has 0 radical (unpaired) electrons. The highest BCUT2D eigenvalue weighted by Gasteiger charge is 2.34. The van der Waals surface area contributed by atoms with Gasteiger partial charge in [-0.25, -0.2) is 4.98 Å². The van der Waals surface area contributed by atoms with Crippen molar-refractivity contribution in [3.63, 3.8) is 0 Å². The Labute approximate surface area is 177 Å². The summed E-state index contributed by atoms with van der Waals surface area (Å²) in [5.74, 6) is 0.853. The van der Waals surface area contributed by atoms with Crippen LogP contribution in [-0.2, 0) is 16.1 Å². The van der Waals surface area contributed by atoms with Crippen molar-refractivity contribution in [2.45, 2.75) is 13.0 Å². The molecule has 2 aliphatic heterocycles. The summed E-state index contributed by atoms with van der Waals surface area (Å²) < 4.78 is 10.7. The molecule has 0 saturated carbocycles. The smallest absolute Gasteiger partial charge is 0.231 e. The van der Waals surface area contributed by atoms with Crippen LogP contribution in [0, 0.1) is 5.92 Å². The summed E-state index contributed by atoms with van der Waals surface area (Å²) in [6.45, 7) is 1.16. The van der Waals surface area contributed by atoms with Crippen molar-refractivity contribution in [3.05, 3.63) is 59.5 Å². The monoisotopic (exact) mass is 421 g/mol. The molecule has 3 heterocycles. The maximum atomic E-state index is 12.7. The van der Waals surface area contributed by atoms with Gasteiger partial charge in [0, 0.05) is 30.5 Å². The molecule has 2 aliphatic rings. The zero-order chi connectivity index (χ0) is 20.5. The van der Waals surface area contributed by atoms with E-state index in [1.54, 1.807) is 4.90 Å². The Morgan fingerprint density at radius 1 is 1.17 bits per heavy atom. The number of amides is 2. The van der Waals surface area contributed by atoms with Crippen molar-refractivity contribution >= 4 is 28.3 Å². The summed E-state index contributed by atoms with van der Waals surface area (Å²) in [6, 6.07) is 15.4. The zero-order valence-corrected chi connectivity index (χ0v) is 16.9. The second kappa shape index (κ2) is 7.79. The fraction of sp³-hybridized carbons (Fsp3) is 0.227. The van der Waals surface area contributed by atoms with E-state index in [-0.39, 0.29) is 30.9 Å². The van der Waals surface area contributed by atoms with Crippen LogP contribution in [0.15, 0.2) is 53.9 Å². The summed E-state index contributed by atoms with van der Waals surface area (Å²) in [4.78, 5) is 31.3. The number of likely N-dealkylation sites (tertiary alicyclic amines) is 1. The molecule has 152 valence electrons. The molecular weight excluding hydrogens is 402 g/mol. The van der Waals surface area contributed by atoms with Crippen LogP contribution >= 0.6 is 11.3 Å². The normalized spacial score (nSPS) is 17.4. The fourth-order valence-corrected chi connectivity index (χ4v) is 4.35. The number of hydrogen-bond acceptors (Lipinski definition) is 6. The summed E-state index contributed by atoms with van der Waals surface area (Å²) in [5, 5.41) is 5.26. The lowest BCUT2D eigenvalue weighted by atomic mass is 10.1. The molecule has 2 aromatic carbocycles. The lowest BCUT2D eigenvalue weighted by Gasteiger charge is -2.16. The number of rotatable bonds is 5. The summed E-state index contributed by atoms with van der Waals surface area (Å²) in [7, 11) is 0. The molecule has 1 fully saturated rings. The van der Waals surface area contributed by atoms with Crippen LogP contribution < -0.4 is 14.8 Å². The van der Waals surface area contributed by atoms with Crippen LogP contribution in [0.1, 0.15) is 12.0 Å². The van der Waals surface area contributed by atoms with Crippen molar-refractivity contribution in [2.24, 2.45) is 5.92 Å². The van der Waals surface area contributed by atoms with E-state index in [0.717, 1.165) is 16.8 Å². The van der Waals surface area contributed by atoms with E-state index in [4.69, 9.17) is 9.47 Å². The highest BCUT2D eigenvalue weighted by molar-refractivity contribution is 7.14. The van der Waals surface area contributed by atoms with Crippen molar-refractivity contribution in [3.8, 4) is 22.8 Å². The third kappa shape index (κ3) is 3.73. The topological polar surface area (TPSA) is 80.8 Å². The largest absolute Gasteiger partial charge is 0.454 e. The first-order valence-electron chi connectivity index (χ1n) is 9.64. The van der Waals surface area contributed by atoms with Gasteiger partial charge in [0.2, 0.25) is 18.6 Å². The van der Waals surface area contributed by atoms with Gasteiger partial charge in [-0.15, -0.1) is 11.3 Å². The molecule has 1 N–H and O–H groups in total.